The summed E-state index contributed by atoms with van der Waals surface area (Å²) in [5.74, 6) is 0.733. The Balaban J connectivity index is 2.72. The van der Waals surface area contributed by atoms with E-state index in [2.05, 4.69) is 4.98 Å². The van der Waals surface area contributed by atoms with Gasteiger partial charge in [0.2, 0.25) is 0 Å². The summed E-state index contributed by atoms with van der Waals surface area (Å²) in [6.45, 7) is 5.77. The number of pyridine rings is 1. The van der Waals surface area contributed by atoms with Crippen LogP contribution in [-0.4, -0.2) is 10.7 Å². The van der Waals surface area contributed by atoms with Crippen molar-refractivity contribution in [2.24, 2.45) is 0 Å². The molecule has 0 aliphatic rings. The van der Waals surface area contributed by atoms with E-state index in [0.29, 0.717) is 26.9 Å². The molecule has 0 aliphatic heterocycles. The molecule has 1 nitrogen and oxygen atoms in total. The molecule has 0 fully saturated rings. The molecule has 2 aromatic rings. The van der Waals surface area contributed by atoms with Gasteiger partial charge >= 0.3 is 6.18 Å². The highest BCUT2D eigenvalue weighted by atomic mass is 35.5. The van der Waals surface area contributed by atoms with Crippen LogP contribution in [0, 0.1) is 0 Å². The predicted octanol–water partition coefficient (Wildman–Crippen LogP) is 6.66. The molecule has 0 amide bonds. The van der Waals surface area contributed by atoms with Crippen LogP contribution < -0.4 is 0 Å². The predicted molar refractivity (Wildman–Crippen MR) is 90.2 cm³/mol. The summed E-state index contributed by atoms with van der Waals surface area (Å²) >= 11 is 7.21. The third-order valence-electron chi connectivity index (χ3n) is 3.29. The lowest BCUT2D eigenvalue weighted by atomic mass is 10.0. The lowest BCUT2D eigenvalue weighted by Gasteiger charge is -2.18. The van der Waals surface area contributed by atoms with Gasteiger partial charge in [-0.25, -0.2) is 0 Å². The van der Waals surface area contributed by atoms with Crippen LogP contribution in [-0.2, 0) is 6.18 Å². The molecule has 0 aliphatic carbocycles. The van der Waals surface area contributed by atoms with Gasteiger partial charge in [0.25, 0.3) is 0 Å². The first kappa shape index (κ1) is 18.1. The Morgan fingerprint density at radius 3 is 2.26 bits per heavy atom. The lowest BCUT2D eigenvalue weighted by molar-refractivity contribution is -0.137. The Bertz CT molecular complexity index is 681. The molecule has 0 unspecified atom stereocenters. The molecule has 0 radical (unpaired) electrons. The van der Waals surface area contributed by atoms with Crippen molar-refractivity contribution in [3.63, 3.8) is 0 Å². The second-order valence-electron chi connectivity index (χ2n) is 5.36. The van der Waals surface area contributed by atoms with E-state index in [1.165, 1.54) is 17.8 Å². The zero-order valence-electron chi connectivity index (χ0n) is 13.0. The van der Waals surface area contributed by atoms with E-state index in [4.69, 9.17) is 11.6 Å². The smallest absolute Gasteiger partial charge is 0.251 e. The van der Waals surface area contributed by atoms with Gasteiger partial charge in [0.05, 0.1) is 17.0 Å². The molecule has 23 heavy (non-hydrogen) atoms. The summed E-state index contributed by atoms with van der Waals surface area (Å²) in [6, 6.07) is 7.50. The number of rotatable bonds is 4. The first-order chi connectivity index (χ1) is 10.7. The third-order valence-corrected chi connectivity index (χ3v) is 4.46. The van der Waals surface area contributed by atoms with Gasteiger partial charge in [-0.15, -0.1) is 11.8 Å². The van der Waals surface area contributed by atoms with Crippen LogP contribution >= 0.6 is 23.4 Å². The van der Waals surface area contributed by atoms with Crippen molar-refractivity contribution in [2.45, 2.75) is 37.8 Å². The number of hydrogen-bond acceptors (Lipinski definition) is 2. The molecule has 0 atom stereocenters. The molecule has 0 saturated heterocycles. The summed E-state index contributed by atoms with van der Waals surface area (Å²) in [7, 11) is 0. The normalized spacial score (nSPS) is 12.0. The topological polar surface area (TPSA) is 12.9 Å². The number of benzene rings is 1. The van der Waals surface area contributed by atoms with E-state index in [9.17, 15) is 13.2 Å². The van der Waals surface area contributed by atoms with Gasteiger partial charge in [-0.05, 0) is 29.9 Å². The van der Waals surface area contributed by atoms with Crippen molar-refractivity contribution < 1.29 is 13.2 Å². The van der Waals surface area contributed by atoms with Crippen molar-refractivity contribution >= 4 is 23.4 Å². The summed E-state index contributed by atoms with van der Waals surface area (Å²) in [4.78, 5) is 4.96. The maximum atomic E-state index is 13.5. The standard InChI is InChI=1S/C17H17ClF3NS/c1-4-23-14-9-13(17(19,20)21)16(22-15(14)10(2)3)11-5-7-12(18)8-6-11/h5-10H,4H2,1-3H3. The molecule has 1 heterocycles. The van der Waals surface area contributed by atoms with Gasteiger partial charge in [0.1, 0.15) is 0 Å². The molecule has 0 N–H and O–H groups in total. The van der Waals surface area contributed by atoms with E-state index in [1.54, 1.807) is 24.3 Å². The van der Waals surface area contributed by atoms with Gasteiger partial charge in [0, 0.05) is 15.5 Å². The molecular weight excluding hydrogens is 343 g/mol. The molecular formula is C17H17ClF3NS. The van der Waals surface area contributed by atoms with E-state index in [0.717, 1.165) is 0 Å². The van der Waals surface area contributed by atoms with Crippen molar-refractivity contribution in [3.8, 4) is 11.3 Å². The summed E-state index contributed by atoms with van der Waals surface area (Å²) in [6.07, 6.45) is -4.46. The zero-order chi connectivity index (χ0) is 17.2. The highest BCUT2D eigenvalue weighted by Gasteiger charge is 2.36. The maximum absolute atomic E-state index is 13.5. The molecule has 0 bridgehead atoms. The Kier molecular flexibility index (Phi) is 5.63. The molecule has 1 aromatic heterocycles. The largest absolute Gasteiger partial charge is 0.418 e. The third kappa shape index (κ3) is 4.21. The highest BCUT2D eigenvalue weighted by Crippen LogP contribution is 2.40. The van der Waals surface area contributed by atoms with Crippen LogP contribution in [0.1, 0.15) is 37.9 Å². The number of hydrogen-bond donors (Lipinski definition) is 0. The van der Waals surface area contributed by atoms with Crippen molar-refractivity contribution in [1.82, 2.24) is 4.98 Å². The fraction of sp³-hybridized carbons (Fsp3) is 0.353. The van der Waals surface area contributed by atoms with Crippen LogP contribution in [0.25, 0.3) is 11.3 Å². The number of aromatic nitrogens is 1. The molecule has 2 rings (SSSR count). The Morgan fingerprint density at radius 1 is 1.17 bits per heavy atom. The minimum Gasteiger partial charge on any atom is -0.251 e. The Labute approximate surface area is 143 Å². The van der Waals surface area contributed by atoms with Crippen LogP contribution in [0.3, 0.4) is 0 Å². The SMILES string of the molecule is CCSc1cc(C(F)(F)F)c(-c2ccc(Cl)cc2)nc1C(C)C. The van der Waals surface area contributed by atoms with Gasteiger partial charge in [-0.2, -0.15) is 13.2 Å². The molecule has 1 aromatic carbocycles. The van der Waals surface area contributed by atoms with Crippen LogP contribution in [0.15, 0.2) is 35.2 Å². The van der Waals surface area contributed by atoms with Crippen LogP contribution in [0.5, 0.6) is 0 Å². The van der Waals surface area contributed by atoms with Crippen molar-refractivity contribution in [2.75, 3.05) is 5.75 Å². The van der Waals surface area contributed by atoms with Gasteiger partial charge < -0.3 is 0 Å². The van der Waals surface area contributed by atoms with Crippen molar-refractivity contribution in [1.29, 1.82) is 0 Å². The highest BCUT2D eigenvalue weighted by molar-refractivity contribution is 7.99. The second kappa shape index (κ2) is 7.14. The summed E-state index contributed by atoms with van der Waals surface area (Å²) < 4.78 is 40.5. The van der Waals surface area contributed by atoms with Crippen LogP contribution in [0.2, 0.25) is 5.02 Å². The minimum atomic E-state index is -4.46. The zero-order valence-corrected chi connectivity index (χ0v) is 14.6. The molecule has 0 saturated carbocycles. The second-order valence-corrected chi connectivity index (χ2v) is 7.10. The fourth-order valence-electron chi connectivity index (χ4n) is 2.24. The molecule has 124 valence electrons. The number of thioether (sulfide) groups is 1. The van der Waals surface area contributed by atoms with Crippen LogP contribution in [0.4, 0.5) is 13.2 Å². The van der Waals surface area contributed by atoms with E-state index in [1.807, 2.05) is 20.8 Å². The van der Waals surface area contributed by atoms with Gasteiger partial charge in [-0.3, -0.25) is 4.98 Å². The molecule has 6 heteroatoms. The number of alkyl halides is 3. The van der Waals surface area contributed by atoms with Gasteiger partial charge in [0.15, 0.2) is 0 Å². The lowest BCUT2D eigenvalue weighted by Crippen LogP contribution is -2.11. The summed E-state index contributed by atoms with van der Waals surface area (Å²) in [5, 5.41) is 0.476. The van der Waals surface area contributed by atoms with E-state index < -0.39 is 11.7 Å². The fourth-order valence-corrected chi connectivity index (χ4v) is 3.31. The average molecular weight is 360 g/mol. The maximum Gasteiger partial charge on any atom is 0.418 e. The van der Waals surface area contributed by atoms with Gasteiger partial charge in [-0.1, -0.05) is 44.5 Å². The Hall–Kier alpha value is -1.20. The van der Waals surface area contributed by atoms with E-state index in [-0.39, 0.29) is 11.6 Å². The monoisotopic (exact) mass is 359 g/mol. The van der Waals surface area contributed by atoms with E-state index >= 15 is 0 Å². The quantitative estimate of drug-likeness (QED) is 0.566. The number of halogens is 4. The van der Waals surface area contributed by atoms with Crippen molar-refractivity contribution in [3.05, 3.63) is 46.6 Å². The molecule has 0 spiro atoms. The Morgan fingerprint density at radius 2 is 1.78 bits per heavy atom. The minimum absolute atomic E-state index is 0.0392. The average Bonchev–Trinajstić information content (AvgIpc) is 2.47. The number of nitrogens with zero attached hydrogens (tertiary/aromatic N) is 1. The summed E-state index contributed by atoms with van der Waals surface area (Å²) in [5.41, 5.74) is 0.352. The first-order valence-corrected chi connectivity index (χ1v) is 8.61. The first-order valence-electron chi connectivity index (χ1n) is 7.25.